The first-order chi connectivity index (χ1) is 15.4. The molecule has 3 aromatic rings. The van der Waals surface area contributed by atoms with Gasteiger partial charge >= 0.3 is 5.69 Å². The second kappa shape index (κ2) is 9.50. The molecule has 0 bridgehead atoms. The smallest absolute Gasteiger partial charge is 0.332 e. The maximum absolute atomic E-state index is 13.3. The molecular formula is C23H30ClN5O3. The summed E-state index contributed by atoms with van der Waals surface area (Å²) >= 11 is 6.35. The molecule has 1 aromatic carbocycles. The highest BCUT2D eigenvalue weighted by molar-refractivity contribution is 6.31. The Morgan fingerprint density at radius 1 is 1.16 bits per heavy atom. The average Bonchev–Trinajstić information content (AvgIpc) is 3.12. The first-order valence-electron chi connectivity index (χ1n) is 11.3. The summed E-state index contributed by atoms with van der Waals surface area (Å²) in [6.45, 7) is 4.20. The predicted molar refractivity (Wildman–Crippen MR) is 127 cm³/mol. The number of hydrogen-bond donors (Lipinski definition) is 2. The number of imidazole rings is 1. The van der Waals surface area contributed by atoms with Gasteiger partial charge in [0.1, 0.15) is 0 Å². The quantitative estimate of drug-likeness (QED) is 0.566. The van der Waals surface area contributed by atoms with Crippen LogP contribution in [0.3, 0.4) is 0 Å². The largest absolute Gasteiger partial charge is 0.395 e. The Bertz CT molecular complexity index is 1240. The molecule has 1 aliphatic rings. The Morgan fingerprint density at radius 3 is 2.56 bits per heavy atom. The van der Waals surface area contributed by atoms with Gasteiger partial charge in [0.2, 0.25) is 5.95 Å². The second-order valence-electron chi connectivity index (χ2n) is 8.46. The lowest BCUT2D eigenvalue weighted by atomic mass is 9.96. The lowest BCUT2D eigenvalue weighted by Gasteiger charge is -2.23. The molecule has 2 N–H and O–H groups in total. The number of rotatable bonds is 7. The van der Waals surface area contributed by atoms with Crippen molar-refractivity contribution in [1.29, 1.82) is 0 Å². The fraction of sp³-hybridized carbons (Fsp3) is 0.522. The zero-order valence-electron chi connectivity index (χ0n) is 18.6. The highest BCUT2D eigenvalue weighted by atomic mass is 35.5. The fourth-order valence-corrected chi connectivity index (χ4v) is 4.68. The molecule has 2 aromatic heterocycles. The summed E-state index contributed by atoms with van der Waals surface area (Å²) in [6.07, 6.45) is 5.63. The van der Waals surface area contributed by atoms with E-state index in [-0.39, 0.29) is 31.3 Å². The summed E-state index contributed by atoms with van der Waals surface area (Å²) < 4.78 is 4.44. The van der Waals surface area contributed by atoms with Crippen molar-refractivity contribution >= 4 is 28.7 Å². The summed E-state index contributed by atoms with van der Waals surface area (Å²) in [5, 5.41) is 13.7. The second-order valence-corrected chi connectivity index (χ2v) is 8.87. The molecule has 0 saturated heterocycles. The predicted octanol–water partition coefficient (Wildman–Crippen LogP) is 3.13. The lowest BCUT2D eigenvalue weighted by molar-refractivity contribution is 0.274. The molecule has 8 nitrogen and oxygen atoms in total. The van der Waals surface area contributed by atoms with Crippen LogP contribution in [0.5, 0.6) is 0 Å². The van der Waals surface area contributed by atoms with Crippen molar-refractivity contribution in [3.8, 4) is 0 Å². The molecule has 0 unspecified atom stereocenters. The number of benzene rings is 1. The van der Waals surface area contributed by atoms with Crippen molar-refractivity contribution in [2.24, 2.45) is 0 Å². The van der Waals surface area contributed by atoms with Gasteiger partial charge in [-0.1, -0.05) is 43.0 Å². The zero-order chi connectivity index (χ0) is 22.8. The van der Waals surface area contributed by atoms with Gasteiger partial charge in [-0.2, -0.15) is 4.98 Å². The molecule has 2 heterocycles. The monoisotopic (exact) mass is 459 g/mol. The van der Waals surface area contributed by atoms with E-state index in [1.807, 2.05) is 29.7 Å². The van der Waals surface area contributed by atoms with E-state index in [4.69, 9.17) is 16.6 Å². The molecule has 1 saturated carbocycles. The number of aliphatic hydroxyl groups is 1. The van der Waals surface area contributed by atoms with E-state index in [2.05, 4.69) is 5.32 Å². The Kier molecular flexibility index (Phi) is 6.71. The van der Waals surface area contributed by atoms with Gasteiger partial charge in [-0.25, -0.2) is 4.79 Å². The van der Waals surface area contributed by atoms with Crippen molar-refractivity contribution in [3.63, 3.8) is 0 Å². The summed E-state index contributed by atoms with van der Waals surface area (Å²) in [7, 11) is 0. The number of anilines is 1. The van der Waals surface area contributed by atoms with Crippen molar-refractivity contribution in [2.75, 3.05) is 11.9 Å². The first kappa shape index (κ1) is 22.6. The first-order valence-corrected chi connectivity index (χ1v) is 11.7. The Labute approximate surface area is 191 Å². The molecule has 0 amide bonds. The van der Waals surface area contributed by atoms with Gasteiger partial charge in [0, 0.05) is 17.6 Å². The average molecular weight is 460 g/mol. The van der Waals surface area contributed by atoms with E-state index in [1.165, 1.54) is 15.6 Å². The Morgan fingerprint density at radius 2 is 1.91 bits per heavy atom. The third-order valence-electron chi connectivity index (χ3n) is 6.27. The van der Waals surface area contributed by atoms with Gasteiger partial charge in [-0.05, 0) is 43.9 Å². The molecule has 1 fully saturated rings. The maximum Gasteiger partial charge on any atom is 0.332 e. The van der Waals surface area contributed by atoms with Gasteiger partial charge < -0.3 is 10.4 Å². The number of aliphatic hydroxyl groups excluding tert-OH is 1. The minimum Gasteiger partial charge on any atom is -0.395 e. The minimum atomic E-state index is -0.453. The van der Waals surface area contributed by atoms with E-state index < -0.39 is 5.69 Å². The van der Waals surface area contributed by atoms with Crippen LogP contribution in [0, 0.1) is 6.92 Å². The summed E-state index contributed by atoms with van der Waals surface area (Å²) in [5.74, 6) is 0.570. The molecule has 0 radical (unpaired) electrons. The number of halogens is 1. The van der Waals surface area contributed by atoms with Gasteiger partial charge in [0.05, 0.1) is 19.7 Å². The van der Waals surface area contributed by atoms with Crippen molar-refractivity contribution in [2.45, 2.75) is 71.6 Å². The summed E-state index contributed by atoms with van der Waals surface area (Å²) in [5.41, 5.74) is 1.76. The van der Waals surface area contributed by atoms with Crippen LogP contribution in [0.15, 0.2) is 27.8 Å². The van der Waals surface area contributed by atoms with Gasteiger partial charge in [0.25, 0.3) is 5.56 Å². The third-order valence-corrected chi connectivity index (χ3v) is 6.68. The van der Waals surface area contributed by atoms with E-state index >= 15 is 0 Å². The van der Waals surface area contributed by atoms with Gasteiger partial charge in [0.15, 0.2) is 11.2 Å². The van der Waals surface area contributed by atoms with Crippen LogP contribution >= 0.6 is 11.6 Å². The standard InChI is InChI=1S/C23H30ClN5O3/c1-3-27-21(31)19-20(28(11-12-30)23(27)32)26-22(25-17-7-5-4-6-8-17)29(19)14-16-10-9-15(2)18(24)13-16/h9-10,13,17,30H,3-8,11-12,14H2,1-2H3,(H,25,26). The van der Waals surface area contributed by atoms with Crippen LogP contribution in [-0.2, 0) is 19.6 Å². The maximum atomic E-state index is 13.3. The highest BCUT2D eigenvalue weighted by Crippen LogP contribution is 2.25. The molecule has 32 heavy (non-hydrogen) atoms. The van der Waals surface area contributed by atoms with Crippen LogP contribution in [-0.4, -0.2) is 36.4 Å². The molecule has 172 valence electrons. The van der Waals surface area contributed by atoms with Crippen LogP contribution in [0.25, 0.3) is 11.2 Å². The Hall–Kier alpha value is -2.58. The van der Waals surface area contributed by atoms with E-state index in [0.29, 0.717) is 28.7 Å². The van der Waals surface area contributed by atoms with Gasteiger partial charge in [-0.15, -0.1) is 0 Å². The zero-order valence-corrected chi connectivity index (χ0v) is 19.4. The normalized spacial score (nSPS) is 14.9. The van der Waals surface area contributed by atoms with Crippen LogP contribution in [0.4, 0.5) is 5.95 Å². The van der Waals surface area contributed by atoms with Crippen LogP contribution < -0.4 is 16.6 Å². The van der Waals surface area contributed by atoms with Crippen LogP contribution in [0.1, 0.15) is 50.2 Å². The number of nitrogens with zero attached hydrogens (tertiary/aromatic N) is 4. The molecule has 0 spiro atoms. The Balaban J connectivity index is 1.92. The number of aryl methyl sites for hydroxylation is 1. The lowest BCUT2D eigenvalue weighted by Crippen LogP contribution is -2.40. The van der Waals surface area contributed by atoms with E-state index in [9.17, 15) is 14.7 Å². The fourth-order valence-electron chi connectivity index (χ4n) is 4.48. The minimum absolute atomic E-state index is 0.0753. The summed E-state index contributed by atoms with van der Waals surface area (Å²) in [4.78, 5) is 31.0. The van der Waals surface area contributed by atoms with E-state index in [1.54, 1.807) is 6.92 Å². The SMILES string of the molecule is CCn1c(=O)c2c(nc(NC3CCCCC3)n2Cc2ccc(C)c(Cl)c2)n(CCO)c1=O. The number of hydrogen-bond acceptors (Lipinski definition) is 5. The van der Waals surface area contributed by atoms with Crippen molar-refractivity contribution < 1.29 is 5.11 Å². The number of aromatic nitrogens is 4. The molecule has 0 atom stereocenters. The topological polar surface area (TPSA) is 94.1 Å². The number of nitrogens with one attached hydrogen (secondary N) is 1. The number of fused-ring (bicyclic) bond motifs is 1. The molecule has 9 heteroatoms. The van der Waals surface area contributed by atoms with Crippen molar-refractivity contribution in [1.82, 2.24) is 18.7 Å². The third kappa shape index (κ3) is 4.21. The molecule has 1 aliphatic carbocycles. The van der Waals surface area contributed by atoms with Crippen molar-refractivity contribution in [3.05, 3.63) is 55.2 Å². The highest BCUT2D eigenvalue weighted by Gasteiger charge is 2.23. The molecule has 0 aliphatic heterocycles. The molecule has 4 rings (SSSR count). The van der Waals surface area contributed by atoms with E-state index in [0.717, 1.165) is 36.8 Å². The molecular weight excluding hydrogens is 430 g/mol. The van der Waals surface area contributed by atoms with Gasteiger partial charge in [-0.3, -0.25) is 18.5 Å². The van der Waals surface area contributed by atoms with Crippen LogP contribution in [0.2, 0.25) is 5.02 Å². The summed E-state index contributed by atoms with van der Waals surface area (Å²) in [6, 6.07) is 6.11.